The number of alkyl halides is 3. The van der Waals surface area contributed by atoms with Gasteiger partial charge < -0.3 is 10.4 Å². The summed E-state index contributed by atoms with van der Waals surface area (Å²) in [5.74, 6) is 0. The van der Waals surface area contributed by atoms with E-state index >= 15 is 0 Å². The Balaban J connectivity index is 2.12. The molecule has 0 fully saturated rings. The van der Waals surface area contributed by atoms with E-state index in [0.717, 1.165) is 0 Å². The molecule has 0 aromatic carbocycles. The maximum Gasteiger partial charge on any atom is 0.415 e. The average molecular weight is 223 g/mol. The molecule has 1 atom stereocenters. The first-order valence-corrected chi connectivity index (χ1v) is 4.43. The Morgan fingerprint density at radius 3 is 2.73 bits per heavy atom. The molecule has 0 saturated carbocycles. The van der Waals surface area contributed by atoms with E-state index < -0.39 is 18.8 Å². The van der Waals surface area contributed by atoms with Crippen molar-refractivity contribution in [3.63, 3.8) is 0 Å². The molecular weight excluding hydrogens is 211 g/mol. The molecule has 0 amide bonds. The molecule has 0 aliphatic heterocycles. The standard InChI is InChI=1S/C8H12F3N3O/c9-8(10,11)7(15)6-12-3-5-14-4-1-2-13-14/h1-2,4,7,12,15H,3,5-6H2. The predicted octanol–water partition coefficient (Wildman–Crippen LogP) is 0.396. The number of aromatic nitrogens is 2. The van der Waals surface area contributed by atoms with E-state index in [2.05, 4.69) is 10.4 Å². The van der Waals surface area contributed by atoms with Gasteiger partial charge in [0.15, 0.2) is 6.10 Å². The van der Waals surface area contributed by atoms with Gasteiger partial charge in [-0.15, -0.1) is 0 Å². The van der Waals surface area contributed by atoms with Crippen LogP contribution in [0.25, 0.3) is 0 Å². The van der Waals surface area contributed by atoms with Gasteiger partial charge in [-0.25, -0.2) is 0 Å². The largest absolute Gasteiger partial charge is 0.415 e. The highest BCUT2D eigenvalue weighted by Crippen LogP contribution is 2.18. The van der Waals surface area contributed by atoms with E-state index in [9.17, 15) is 13.2 Å². The number of halogens is 3. The van der Waals surface area contributed by atoms with Gasteiger partial charge >= 0.3 is 6.18 Å². The highest BCUT2D eigenvalue weighted by Gasteiger charge is 2.37. The summed E-state index contributed by atoms with van der Waals surface area (Å²) in [6.45, 7) is 0.303. The molecule has 0 saturated heterocycles. The quantitative estimate of drug-likeness (QED) is 0.710. The van der Waals surface area contributed by atoms with Crippen molar-refractivity contribution in [2.75, 3.05) is 13.1 Å². The summed E-state index contributed by atoms with van der Waals surface area (Å²) >= 11 is 0. The van der Waals surface area contributed by atoms with Crippen molar-refractivity contribution in [2.24, 2.45) is 0 Å². The lowest BCUT2D eigenvalue weighted by molar-refractivity contribution is -0.201. The molecule has 1 aromatic heterocycles. The summed E-state index contributed by atoms with van der Waals surface area (Å²) in [5.41, 5.74) is 0. The summed E-state index contributed by atoms with van der Waals surface area (Å²) in [7, 11) is 0. The normalized spacial score (nSPS) is 14.1. The van der Waals surface area contributed by atoms with Crippen molar-refractivity contribution < 1.29 is 18.3 Å². The van der Waals surface area contributed by atoms with Gasteiger partial charge in [-0.05, 0) is 6.07 Å². The van der Waals surface area contributed by atoms with Gasteiger partial charge in [-0.2, -0.15) is 18.3 Å². The summed E-state index contributed by atoms with van der Waals surface area (Å²) in [6.07, 6.45) is -3.57. The fraction of sp³-hybridized carbons (Fsp3) is 0.625. The fourth-order valence-electron chi connectivity index (χ4n) is 0.981. The zero-order valence-electron chi connectivity index (χ0n) is 7.91. The minimum absolute atomic E-state index is 0.328. The second-order valence-corrected chi connectivity index (χ2v) is 3.03. The van der Waals surface area contributed by atoms with Gasteiger partial charge in [0, 0.05) is 25.5 Å². The number of hydrogen-bond donors (Lipinski definition) is 2. The monoisotopic (exact) mass is 223 g/mol. The summed E-state index contributed by atoms with van der Waals surface area (Å²) < 4.78 is 37.1. The molecular formula is C8H12F3N3O. The van der Waals surface area contributed by atoms with Crippen molar-refractivity contribution in [2.45, 2.75) is 18.8 Å². The molecule has 15 heavy (non-hydrogen) atoms. The predicted molar refractivity (Wildman–Crippen MR) is 47.2 cm³/mol. The van der Waals surface area contributed by atoms with E-state index in [1.807, 2.05) is 0 Å². The zero-order chi connectivity index (χ0) is 11.3. The molecule has 1 rings (SSSR count). The van der Waals surface area contributed by atoms with E-state index in [0.29, 0.717) is 13.1 Å². The van der Waals surface area contributed by atoms with Gasteiger partial charge in [-0.1, -0.05) is 0 Å². The van der Waals surface area contributed by atoms with Crippen molar-refractivity contribution in [1.82, 2.24) is 15.1 Å². The van der Waals surface area contributed by atoms with E-state index in [1.165, 1.54) is 0 Å². The molecule has 0 aliphatic rings. The number of rotatable bonds is 5. The number of aliphatic hydroxyl groups is 1. The lowest BCUT2D eigenvalue weighted by Gasteiger charge is -2.14. The van der Waals surface area contributed by atoms with Crippen LogP contribution in [0.5, 0.6) is 0 Å². The smallest absolute Gasteiger partial charge is 0.382 e. The number of nitrogens with one attached hydrogen (secondary N) is 1. The Morgan fingerprint density at radius 1 is 1.47 bits per heavy atom. The first-order valence-electron chi connectivity index (χ1n) is 4.43. The van der Waals surface area contributed by atoms with Crippen LogP contribution in [0.3, 0.4) is 0 Å². The SMILES string of the molecule is OC(CNCCn1cccn1)C(F)(F)F. The van der Waals surface area contributed by atoms with Crippen LogP contribution in [-0.2, 0) is 6.54 Å². The number of hydrogen-bond acceptors (Lipinski definition) is 3. The van der Waals surface area contributed by atoms with Gasteiger partial charge in [0.2, 0.25) is 0 Å². The Kier molecular flexibility index (Phi) is 4.10. The van der Waals surface area contributed by atoms with Crippen LogP contribution < -0.4 is 5.32 Å². The van der Waals surface area contributed by atoms with Gasteiger partial charge in [0.05, 0.1) is 6.54 Å². The summed E-state index contributed by atoms with van der Waals surface area (Å²) in [6, 6.07) is 1.73. The van der Waals surface area contributed by atoms with Gasteiger partial charge in [0.25, 0.3) is 0 Å². The minimum atomic E-state index is -4.56. The molecule has 0 spiro atoms. The lowest BCUT2D eigenvalue weighted by Crippen LogP contribution is -2.39. The summed E-state index contributed by atoms with van der Waals surface area (Å²) in [5, 5.41) is 15.0. The van der Waals surface area contributed by atoms with E-state index in [4.69, 9.17) is 5.11 Å². The molecule has 1 unspecified atom stereocenters. The third-order valence-electron chi connectivity index (χ3n) is 1.79. The maximum absolute atomic E-state index is 11.8. The van der Waals surface area contributed by atoms with Crippen LogP contribution in [-0.4, -0.2) is 40.3 Å². The summed E-state index contributed by atoms with van der Waals surface area (Å²) in [4.78, 5) is 0. The molecule has 0 bridgehead atoms. The molecule has 1 heterocycles. The Morgan fingerprint density at radius 2 is 2.20 bits per heavy atom. The maximum atomic E-state index is 11.8. The van der Waals surface area contributed by atoms with Crippen LogP contribution in [0, 0.1) is 0 Å². The average Bonchev–Trinajstić information content (AvgIpc) is 2.63. The lowest BCUT2D eigenvalue weighted by atomic mass is 10.3. The molecule has 0 aliphatic carbocycles. The number of aliphatic hydroxyl groups excluding tert-OH is 1. The molecule has 7 heteroatoms. The minimum Gasteiger partial charge on any atom is -0.382 e. The van der Waals surface area contributed by atoms with Crippen LogP contribution in [0.4, 0.5) is 13.2 Å². The van der Waals surface area contributed by atoms with Gasteiger partial charge in [-0.3, -0.25) is 4.68 Å². The van der Waals surface area contributed by atoms with Crippen LogP contribution >= 0.6 is 0 Å². The van der Waals surface area contributed by atoms with Crippen molar-refractivity contribution >= 4 is 0 Å². The second kappa shape index (κ2) is 5.13. The highest BCUT2D eigenvalue weighted by atomic mass is 19.4. The van der Waals surface area contributed by atoms with Crippen molar-refractivity contribution in [3.8, 4) is 0 Å². The van der Waals surface area contributed by atoms with E-state index in [1.54, 1.807) is 23.1 Å². The first-order chi connectivity index (χ1) is 7.00. The Labute approximate surface area is 84.7 Å². The first kappa shape index (κ1) is 12.0. The van der Waals surface area contributed by atoms with Crippen LogP contribution in [0.1, 0.15) is 0 Å². The third kappa shape index (κ3) is 4.30. The van der Waals surface area contributed by atoms with Crippen molar-refractivity contribution in [3.05, 3.63) is 18.5 Å². The zero-order valence-corrected chi connectivity index (χ0v) is 7.91. The topological polar surface area (TPSA) is 50.1 Å². The van der Waals surface area contributed by atoms with E-state index in [-0.39, 0.29) is 0 Å². The molecule has 86 valence electrons. The molecule has 1 aromatic rings. The number of nitrogens with zero attached hydrogens (tertiary/aromatic N) is 2. The highest BCUT2D eigenvalue weighted by molar-refractivity contribution is 4.77. The fourth-order valence-corrected chi connectivity index (χ4v) is 0.981. The molecule has 4 nitrogen and oxygen atoms in total. The van der Waals surface area contributed by atoms with Crippen LogP contribution in [0.2, 0.25) is 0 Å². The second-order valence-electron chi connectivity index (χ2n) is 3.03. The Bertz CT molecular complexity index is 273. The Hall–Kier alpha value is -1.08. The molecule has 0 radical (unpaired) electrons. The van der Waals surface area contributed by atoms with Gasteiger partial charge in [0.1, 0.15) is 0 Å². The van der Waals surface area contributed by atoms with Crippen molar-refractivity contribution in [1.29, 1.82) is 0 Å². The van der Waals surface area contributed by atoms with Crippen LogP contribution in [0.15, 0.2) is 18.5 Å². The third-order valence-corrected chi connectivity index (χ3v) is 1.79. The molecule has 2 N–H and O–H groups in total.